The first-order valence-electron chi connectivity index (χ1n) is 10.1. The molecular weight excluding hydrogens is 408 g/mol. The first kappa shape index (κ1) is 21.4. The second-order valence-electron chi connectivity index (χ2n) is 8.14. The van der Waals surface area contributed by atoms with Crippen LogP contribution in [0.15, 0.2) is 46.9 Å². The lowest BCUT2D eigenvalue weighted by atomic mass is 10.0. The van der Waals surface area contributed by atoms with Gasteiger partial charge in [0.25, 0.3) is 5.91 Å². The van der Waals surface area contributed by atoms with Crippen LogP contribution in [0.2, 0.25) is 0 Å². The fourth-order valence-corrected chi connectivity index (χ4v) is 3.95. The van der Waals surface area contributed by atoms with Gasteiger partial charge in [0.2, 0.25) is 0 Å². The number of hydrazine groups is 1. The Balaban J connectivity index is 1.63. The molecule has 4 rings (SSSR count). The Morgan fingerprint density at radius 1 is 1.35 bits per heavy atom. The molecule has 3 heterocycles. The third-order valence-electron chi connectivity index (χ3n) is 5.77. The van der Waals surface area contributed by atoms with E-state index in [1.54, 1.807) is 17.3 Å². The van der Waals surface area contributed by atoms with E-state index in [-0.39, 0.29) is 18.2 Å². The third kappa shape index (κ3) is 4.06. The van der Waals surface area contributed by atoms with Crippen molar-refractivity contribution in [2.24, 2.45) is 4.99 Å². The number of likely N-dealkylation sites (tertiary alicyclic amines) is 1. The molecule has 1 atom stereocenters. The molecule has 1 aromatic carbocycles. The van der Waals surface area contributed by atoms with E-state index in [4.69, 9.17) is 0 Å². The van der Waals surface area contributed by atoms with Gasteiger partial charge in [-0.25, -0.2) is 19.2 Å². The van der Waals surface area contributed by atoms with Crippen LogP contribution in [0.1, 0.15) is 31.4 Å². The summed E-state index contributed by atoms with van der Waals surface area (Å²) in [7, 11) is 0. The summed E-state index contributed by atoms with van der Waals surface area (Å²) in [4.78, 5) is 19.3. The van der Waals surface area contributed by atoms with E-state index >= 15 is 0 Å². The highest BCUT2D eigenvalue weighted by atomic mass is 19.1. The summed E-state index contributed by atoms with van der Waals surface area (Å²) in [6, 6.07) is 3.09. The van der Waals surface area contributed by atoms with Crippen molar-refractivity contribution in [2.45, 2.75) is 31.3 Å². The van der Waals surface area contributed by atoms with Crippen LogP contribution in [0.25, 0.3) is 0 Å². The largest absolute Gasteiger partial charge is 0.394 e. The van der Waals surface area contributed by atoms with E-state index < -0.39 is 36.3 Å². The molecule has 10 heteroatoms. The van der Waals surface area contributed by atoms with Crippen molar-refractivity contribution >= 4 is 11.7 Å². The Morgan fingerprint density at radius 3 is 2.87 bits per heavy atom. The zero-order valence-corrected chi connectivity index (χ0v) is 17.1. The van der Waals surface area contributed by atoms with E-state index in [1.807, 2.05) is 4.90 Å². The summed E-state index contributed by atoms with van der Waals surface area (Å²) in [5, 5.41) is 23.2. The van der Waals surface area contributed by atoms with Crippen molar-refractivity contribution in [3.05, 3.63) is 59.1 Å². The molecule has 1 aromatic rings. The van der Waals surface area contributed by atoms with Crippen molar-refractivity contribution in [1.29, 1.82) is 0 Å². The fraction of sp³-hybridized carbons (Fsp3) is 0.429. The first-order valence-corrected chi connectivity index (χ1v) is 10.1. The Hall–Kier alpha value is -2.82. The zero-order valence-electron chi connectivity index (χ0n) is 17.1. The van der Waals surface area contributed by atoms with Gasteiger partial charge in [-0.05, 0) is 44.0 Å². The first-order chi connectivity index (χ1) is 14.8. The Kier molecular flexibility index (Phi) is 5.78. The highest BCUT2D eigenvalue weighted by molar-refractivity contribution is 5.99. The number of amidine groups is 1. The molecule has 0 aromatic heterocycles. The summed E-state index contributed by atoms with van der Waals surface area (Å²) in [5.74, 6) is -0.470. The molecule has 3 aliphatic rings. The second-order valence-corrected chi connectivity index (χ2v) is 8.14. The number of benzene rings is 1. The molecule has 0 aliphatic carbocycles. The van der Waals surface area contributed by atoms with Crippen molar-refractivity contribution in [1.82, 2.24) is 20.7 Å². The van der Waals surface area contributed by atoms with Crippen LogP contribution in [-0.4, -0.2) is 63.7 Å². The molecule has 0 spiro atoms. The molecule has 0 radical (unpaired) electrons. The van der Waals surface area contributed by atoms with Crippen LogP contribution in [0, 0.1) is 11.6 Å². The molecule has 8 nitrogen and oxygen atoms in total. The topological polar surface area (TPSA) is 100 Å². The number of hydrogen-bond donors (Lipinski definition) is 4. The number of aliphatic imine (C=N–C) groups is 1. The van der Waals surface area contributed by atoms with Gasteiger partial charge >= 0.3 is 0 Å². The van der Waals surface area contributed by atoms with Gasteiger partial charge in [0.15, 0.2) is 5.82 Å². The standard InChI is InChI=1S/C21H25F2N5O3/c1-21(11-29,12-30)26-20(31)15-10-24-28-8-6-18(25-19(15)28)27-7-2-3-17(27)14-9-13(22)4-5-16(14)23/h4-6,8-9,17,24,29-30H,2-3,7,10-12H2,1H3,(H,26,31)/t17-/m1/s1. The zero-order chi connectivity index (χ0) is 22.2. The maximum absolute atomic E-state index is 14.4. The minimum atomic E-state index is -1.16. The molecule has 1 saturated heterocycles. The Labute approximate surface area is 178 Å². The number of carbonyl (C=O) groups excluding carboxylic acids is 1. The van der Waals surface area contributed by atoms with E-state index in [2.05, 4.69) is 15.7 Å². The maximum atomic E-state index is 14.4. The van der Waals surface area contributed by atoms with Crippen molar-refractivity contribution < 1.29 is 23.8 Å². The van der Waals surface area contributed by atoms with Gasteiger partial charge in [0.1, 0.15) is 17.5 Å². The molecule has 0 saturated carbocycles. The average Bonchev–Trinajstić information content (AvgIpc) is 3.42. The van der Waals surface area contributed by atoms with Gasteiger partial charge in [-0.3, -0.25) is 9.80 Å². The number of carbonyl (C=O) groups is 1. The summed E-state index contributed by atoms with van der Waals surface area (Å²) in [6.45, 7) is 1.54. The molecule has 31 heavy (non-hydrogen) atoms. The summed E-state index contributed by atoms with van der Waals surface area (Å²) in [6.07, 6.45) is 4.95. The van der Waals surface area contributed by atoms with Gasteiger partial charge in [0.05, 0.1) is 30.4 Å². The molecule has 3 aliphatic heterocycles. The minimum Gasteiger partial charge on any atom is -0.394 e. The van der Waals surface area contributed by atoms with Gasteiger partial charge < -0.3 is 20.4 Å². The van der Waals surface area contributed by atoms with E-state index in [0.717, 1.165) is 18.6 Å². The van der Waals surface area contributed by atoms with Crippen LogP contribution in [0.3, 0.4) is 0 Å². The van der Waals surface area contributed by atoms with Crippen molar-refractivity contribution in [3.8, 4) is 0 Å². The van der Waals surface area contributed by atoms with Crippen LogP contribution < -0.4 is 10.7 Å². The molecule has 1 fully saturated rings. The second kappa shape index (κ2) is 8.37. The fourth-order valence-electron chi connectivity index (χ4n) is 3.95. The lowest BCUT2D eigenvalue weighted by Crippen LogP contribution is -2.52. The third-order valence-corrected chi connectivity index (χ3v) is 5.77. The van der Waals surface area contributed by atoms with Gasteiger partial charge in [-0.15, -0.1) is 0 Å². The quantitative estimate of drug-likeness (QED) is 0.551. The number of rotatable bonds is 5. The smallest absolute Gasteiger partial charge is 0.252 e. The summed E-state index contributed by atoms with van der Waals surface area (Å²) >= 11 is 0. The molecule has 4 N–H and O–H groups in total. The monoisotopic (exact) mass is 433 g/mol. The van der Waals surface area contributed by atoms with E-state index in [1.165, 1.54) is 13.0 Å². The molecule has 166 valence electrons. The maximum Gasteiger partial charge on any atom is 0.252 e. The van der Waals surface area contributed by atoms with Gasteiger partial charge in [0, 0.05) is 24.9 Å². The van der Waals surface area contributed by atoms with E-state index in [0.29, 0.717) is 30.2 Å². The average molecular weight is 433 g/mol. The predicted molar refractivity (Wildman–Crippen MR) is 109 cm³/mol. The summed E-state index contributed by atoms with van der Waals surface area (Å²) < 4.78 is 28.1. The van der Waals surface area contributed by atoms with Gasteiger partial charge in [-0.2, -0.15) is 0 Å². The number of nitrogens with one attached hydrogen (secondary N) is 2. The van der Waals surface area contributed by atoms with Crippen molar-refractivity contribution in [2.75, 3.05) is 26.3 Å². The van der Waals surface area contributed by atoms with Crippen LogP contribution in [0.5, 0.6) is 0 Å². The van der Waals surface area contributed by atoms with Crippen LogP contribution >= 0.6 is 0 Å². The number of aliphatic hydroxyl groups is 2. The van der Waals surface area contributed by atoms with Crippen LogP contribution in [0.4, 0.5) is 8.78 Å². The Morgan fingerprint density at radius 2 is 2.13 bits per heavy atom. The van der Waals surface area contributed by atoms with Gasteiger partial charge in [-0.1, -0.05) is 0 Å². The van der Waals surface area contributed by atoms with E-state index in [9.17, 15) is 23.8 Å². The lowest BCUT2D eigenvalue weighted by Gasteiger charge is -2.30. The number of fused-ring (bicyclic) bond motifs is 1. The summed E-state index contributed by atoms with van der Waals surface area (Å²) in [5.41, 5.74) is 2.51. The number of hydrogen-bond acceptors (Lipinski definition) is 7. The Bertz CT molecular complexity index is 974. The SMILES string of the molecule is CC(CO)(CO)NC(=O)C1=C2N=C(N3CCC[C@@H]3c3cc(F)ccc3F)C=CN2NC1. The molecule has 1 amide bonds. The number of halogens is 2. The molecule has 0 unspecified atom stereocenters. The van der Waals surface area contributed by atoms with Crippen molar-refractivity contribution in [3.63, 3.8) is 0 Å². The van der Waals surface area contributed by atoms with Crippen LogP contribution in [-0.2, 0) is 4.79 Å². The lowest BCUT2D eigenvalue weighted by molar-refractivity contribution is -0.120. The normalized spacial score (nSPS) is 20.9. The number of aliphatic hydroxyl groups excluding tert-OH is 2. The highest BCUT2D eigenvalue weighted by Crippen LogP contribution is 2.35. The number of amides is 1. The molecule has 0 bridgehead atoms. The minimum absolute atomic E-state index is 0.219. The predicted octanol–water partition coefficient (Wildman–Crippen LogP) is 0.919. The highest BCUT2D eigenvalue weighted by Gasteiger charge is 2.35. The number of nitrogens with zero attached hydrogens (tertiary/aromatic N) is 3. The molecular formula is C21H25F2N5O3.